The summed E-state index contributed by atoms with van der Waals surface area (Å²) < 4.78 is 9.18. The Hall–Kier alpha value is 0.186. The molecule has 0 aliphatic heterocycles. The van der Waals surface area contributed by atoms with Crippen LogP contribution in [0.15, 0.2) is 30.3 Å². The summed E-state index contributed by atoms with van der Waals surface area (Å²) in [5.74, 6) is 0. The average molecular weight is 392 g/mol. The molecule has 0 bridgehead atoms. The fraction of sp³-hybridized carbons (Fsp3) is 0.625. The van der Waals surface area contributed by atoms with Crippen LogP contribution >= 0.6 is 0 Å². The van der Waals surface area contributed by atoms with Crippen LogP contribution in [-0.4, -0.2) is 35.8 Å². The number of unbranched alkanes of at least 4 members (excludes halogenated alkanes) is 1. The molecule has 1 rings (SSSR count). The van der Waals surface area contributed by atoms with Gasteiger partial charge in [0.05, 0.1) is 0 Å². The normalized spacial score (nSPS) is 12.7. The van der Waals surface area contributed by atoms with Gasteiger partial charge in [-0.3, -0.25) is 0 Å². The van der Waals surface area contributed by atoms with E-state index in [0.717, 1.165) is 6.61 Å². The van der Waals surface area contributed by atoms with E-state index in [2.05, 4.69) is 64.2 Å². The molecule has 1 nitrogen and oxygen atoms in total. The summed E-state index contributed by atoms with van der Waals surface area (Å²) >= 11 is 0.0342. The van der Waals surface area contributed by atoms with Crippen molar-refractivity contribution in [2.24, 2.45) is 0 Å². The summed E-state index contributed by atoms with van der Waals surface area (Å²) in [5, 5.41) is 0.339. The third-order valence-electron chi connectivity index (χ3n) is 3.82. The molecule has 0 saturated heterocycles. The fourth-order valence-corrected chi connectivity index (χ4v) is 5.21. The second-order valence-corrected chi connectivity index (χ2v) is 14.6. The van der Waals surface area contributed by atoms with Crippen LogP contribution in [0.4, 0.5) is 0 Å². The first-order chi connectivity index (χ1) is 8.83. The molecular weight excluding hydrogens is 364 g/mol. The van der Waals surface area contributed by atoms with Gasteiger partial charge in [0.15, 0.2) is 0 Å². The van der Waals surface area contributed by atoms with Gasteiger partial charge in [0.25, 0.3) is 0 Å². The first kappa shape index (κ1) is 17.2. The van der Waals surface area contributed by atoms with Gasteiger partial charge in [-0.2, -0.15) is 0 Å². The molecule has 0 amide bonds. The Morgan fingerprint density at radius 2 is 1.68 bits per heavy atom. The van der Waals surface area contributed by atoms with Gasteiger partial charge < -0.3 is 0 Å². The van der Waals surface area contributed by atoms with Crippen molar-refractivity contribution in [3.63, 3.8) is 0 Å². The molecule has 108 valence electrons. The van der Waals surface area contributed by atoms with Crippen molar-refractivity contribution in [2.45, 2.75) is 56.2 Å². The van der Waals surface area contributed by atoms with Crippen LogP contribution in [0.5, 0.6) is 0 Å². The van der Waals surface area contributed by atoms with E-state index in [-0.39, 0.29) is 20.9 Å². The van der Waals surface area contributed by atoms with E-state index in [0.29, 0.717) is 5.04 Å². The second-order valence-electron chi connectivity index (χ2n) is 6.48. The summed E-state index contributed by atoms with van der Waals surface area (Å²) in [6.07, 6.45) is 2.55. The summed E-state index contributed by atoms with van der Waals surface area (Å²) in [7, 11) is -1.52. The van der Waals surface area contributed by atoms with Gasteiger partial charge >= 0.3 is 130 Å². The topological polar surface area (TPSA) is 9.23 Å². The summed E-state index contributed by atoms with van der Waals surface area (Å²) in [6, 6.07) is 11.0. The van der Waals surface area contributed by atoms with Gasteiger partial charge in [0.1, 0.15) is 0 Å². The van der Waals surface area contributed by atoms with Gasteiger partial charge in [-0.1, -0.05) is 0 Å². The Labute approximate surface area is 130 Å². The van der Waals surface area contributed by atoms with Crippen molar-refractivity contribution in [3.8, 4) is 0 Å². The molecule has 0 radical (unpaired) electrons. The van der Waals surface area contributed by atoms with Gasteiger partial charge in [0, 0.05) is 0 Å². The molecule has 19 heavy (non-hydrogen) atoms. The van der Waals surface area contributed by atoms with Crippen LogP contribution in [0.2, 0.25) is 22.6 Å². The molecule has 0 aromatic heterocycles. The molecule has 0 aliphatic rings. The zero-order chi connectivity index (χ0) is 14.4. The van der Waals surface area contributed by atoms with Crippen molar-refractivity contribution in [1.82, 2.24) is 0 Å². The predicted molar refractivity (Wildman–Crippen MR) is 89.0 cm³/mol. The van der Waals surface area contributed by atoms with Crippen LogP contribution in [0.1, 0.15) is 33.6 Å². The molecule has 0 N–H and O–H groups in total. The minimum atomic E-state index is -1.52. The van der Waals surface area contributed by atoms with Crippen LogP contribution in [-0.2, 0) is 4.43 Å². The standard InChI is InChI=1S/C16H28OSiTe/c1-16(2,3)18(4,5)17-13-9-10-14-19-15-11-7-6-8-12-15/h6-8,11-12H,9-10,13-14H2,1-5H3. The summed E-state index contributed by atoms with van der Waals surface area (Å²) in [6.45, 7) is 12.6. The molecule has 0 saturated carbocycles. The van der Waals surface area contributed by atoms with E-state index in [4.69, 9.17) is 4.43 Å². The molecule has 0 unspecified atom stereocenters. The van der Waals surface area contributed by atoms with E-state index >= 15 is 0 Å². The third-order valence-corrected chi connectivity index (χ3v) is 11.5. The van der Waals surface area contributed by atoms with Gasteiger partial charge in [-0.25, -0.2) is 0 Å². The Morgan fingerprint density at radius 1 is 1.05 bits per heavy atom. The first-order valence-electron chi connectivity index (χ1n) is 7.15. The van der Waals surface area contributed by atoms with E-state index in [1.807, 2.05) is 0 Å². The van der Waals surface area contributed by atoms with Crippen molar-refractivity contribution >= 4 is 32.9 Å². The average Bonchev–Trinajstić information content (AvgIpc) is 2.33. The molecule has 0 heterocycles. The molecule has 1 aromatic rings. The van der Waals surface area contributed by atoms with Crippen LogP contribution in [0.25, 0.3) is 0 Å². The van der Waals surface area contributed by atoms with Crippen LogP contribution in [0, 0.1) is 0 Å². The quantitative estimate of drug-likeness (QED) is 0.499. The Balaban J connectivity index is 2.12. The van der Waals surface area contributed by atoms with Crippen molar-refractivity contribution in [3.05, 3.63) is 30.3 Å². The number of hydrogen-bond donors (Lipinski definition) is 0. The van der Waals surface area contributed by atoms with Crippen molar-refractivity contribution in [1.29, 1.82) is 0 Å². The van der Waals surface area contributed by atoms with Gasteiger partial charge in [-0.15, -0.1) is 0 Å². The van der Waals surface area contributed by atoms with Crippen molar-refractivity contribution < 1.29 is 4.43 Å². The third kappa shape index (κ3) is 6.45. The zero-order valence-electron chi connectivity index (χ0n) is 13.0. The summed E-state index contributed by atoms with van der Waals surface area (Å²) in [5.41, 5.74) is 0. The van der Waals surface area contributed by atoms with Gasteiger partial charge in [-0.05, 0) is 0 Å². The first-order valence-corrected chi connectivity index (χ1v) is 12.9. The van der Waals surface area contributed by atoms with E-state index < -0.39 is 8.32 Å². The number of rotatable bonds is 7. The van der Waals surface area contributed by atoms with Crippen LogP contribution in [0.3, 0.4) is 0 Å². The Kier molecular flexibility index (Phi) is 7.11. The van der Waals surface area contributed by atoms with Gasteiger partial charge in [0.2, 0.25) is 0 Å². The maximum absolute atomic E-state index is 6.20. The molecule has 0 atom stereocenters. The molecule has 3 heteroatoms. The maximum atomic E-state index is 6.20. The number of benzene rings is 1. The Morgan fingerprint density at radius 3 is 2.26 bits per heavy atom. The predicted octanol–water partition coefficient (Wildman–Crippen LogP) is 4.24. The van der Waals surface area contributed by atoms with E-state index in [1.165, 1.54) is 17.3 Å². The molecule has 0 spiro atoms. The van der Waals surface area contributed by atoms with Crippen molar-refractivity contribution in [2.75, 3.05) is 6.61 Å². The van der Waals surface area contributed by atoms with E-state index in [1.54, 1.807) is 3.61 Å². The molecule has 0 fully saturated rings. The zero-order valence-corrected chi connectivity index (χ0v) is 16.4. The fourth-order valence-electron chi connectivity index (χ4n) is 1.45. The summed E-state index contributed by atoms with van der Waals surface area (Å²) in [4.78, 5) is 0. The molecular formula is C16H28OSiTe. The Bertz CT molecular complexity index is 357. The molecule has 0 aliphatic carbocycles. The van der Waals surface area contributed by atoms with Crippen LogP contribution < -0.4 is 3.61 Å². The second kappa shape index (κ2) is 7.83. The SMILES string of the molecule is CC(C)(C)[Si](C)(C)OCCCC[Te]c1ccccc1. The van der Waals surface area contributed by atoms with E-state index in [9.17, 15) is 0 Å². The minimum absolute atomic E-state index is 0.0342. The number of hydrogen-bond acceptors (Lipinski definition) is 1. The molecule has 1 aromatic carbocycles. The monoisotopic (exact) mass is 394 g/mol.